The van der Waals surface area contributed by atoms with Crippen LogP contribution in [0.3, 0.4) is 0 Å². The molecule has 1 aliphatic rings. The number of aliphatic carboxylic acids is 1. The van der Waals surface area contributed by atoms with Gasteiger partial charge >= 0.3 is 11.9 Å². The quantitative estimate of drug-likeness (QED) is 0.632. The Kier molecular flexibility index (Phi) is 6.81. The fourth-order valence-electron chi connectivity index (χ4n) is 4.32. The molecule has 0 spiro atoms. The molecule has 0 saturated carbocycles. The number of carboxylic acids is 1. The molecule has 1 heterocycles. The summed E-state index contributed by atoms with van der Waals surface area (Å²) in [6.45, 7) is 1.44. The predicted molar refractivity (Wildman–Crippen MR) is 118 cm³/mol. The molecule has 9 heteroatoms. The predicted octanol–water partition coefficient (Wildman–Crippen LogP) is 2.93. The zero-order valence-electron chi connectivity index (χ0n) is 19.2. The molecule has 2 aromatic rings. The van der Waals surface area contributed by atoms with Crippen molar-refractivity contribution in [2.24, 2.45) is 5.92 Å². The monoisotopic (exact) mass is 457 g/mol. The average Bonchev–Trinajstić information content (AvgIpc) is 3.17. The molecule has 3 unspecified atom stereocenters. The molecule has 3 atom stereocenters. The molecule has 0 bridgehead atoms. The van der Waals surface area contributed by atoms with Crippen LogP contribution in [0.5, 0.6) is 17.2 Å². The lowest BCUT2D eigenvalue weighted by Gasteiger charge is -2.36. The van der Waals surface area contributed by atoms with Crippen LogP contribution in [0.25, 0.3) is 0 Å². The van der Waals surface area contributed by atoms with Crippen LogP contribution >= 0.6 is 0 Å². The molecule has 0 aliphatic carbocycles. The Balaban J connectivity index is 2.18. The molecule has 1 aliphatic heterocycles. The standard InChI is InChI=1S/C24H27NO8/c1-24(23(28)29)13-17(22(27)33-5)20(14-6-9-16(30-2)10-7-14)25(24)21(26)15-8-11-18(31-3)19(12-15)32-4/h6-12,17,20H,13H2,1-5H3,(H,28,29). The van der Waals surface area contributed by atoms with E-state index in [-0.39, 0.29) is 12.0 Å². The number of nitrogens with zero attached hydrogens (tertiary/aromatic N) is 1. The van der Waals surface area contributed by atoms with E-state index in [1.807, 2.05) is 0 Å². The lowest BCUT2D eigenvalue weighted by atomic mass is 9.90. The van der Waals surface area contributed by atoms with Crippen molar-refractivity contribution in [2.45, 2.75) is 24.9 Å². The minimum absolute atomic E-state index is 0.106. The highest BCUT2D eigenvalue weighted by atomic mass is 16.5. The first kappa shape index (κ1) is 23.9. The van der Waals surface area contributed by atoms with E-state index in [9.17, 15) is 19.5 Å². The second kappa shape index (κ2) is 9.40. The number of hydrogen-bond acceptors (Lipinski definition) is 7. The number of amides is 1. The van der Waals surface area contributed by atoms with Gasteiger partial charge in [0.15, 0.2) is 11.5 Å². The smallest absolute Gasteiger partial charge is 0.329 e. The molecule has 176 valence electrons. The zero-order valence-corrected chi connectivity index (χ0v) is 19.2. The van der Waals surface area contributed by atoms with Crippen molar-refractivity contribution in [3.8, 4) is 17.2 Å². The number of hydrogen-bond donors (Lipinski definition) is 1. The van der Waals surface area contributed by atoms with Gasteiger partial charge in [-0.05, 0) is 49.2 Å². The number of ether oxygens (including phenoxy) is 4. The molecule has 0 radical (unpaired) electrons. The van der Waals surface area contributed by atoms with Crippen molar-refractivity contribution in [1.29, 1.82) is 0 Å². The van der Waals surface area contributed by atoms with Crippen molar-refractivity contribution in [2.75, 3.05) is 28.4 Å². The van der Waals surface area contributed by atoms with E-state index in [0.717, 1.165) is 0 Å². The molecule has 0 aromatic heterocycles. The molecule has 1 N–H and O–H groups in total. The van der Waals surface area contributed by atoms with Crippen molar-refractivity contribution >= 4 is 17.8 Å². The zero-order chi connectivity index (χ0) is 24.3. The van der Waals surface area contributed by atoms with Gasteiger partial charge in [-0.3, -0.25) is 9.59 Å². The van der Waals surface area contributed by atoms with Gasteiger partial charge in [0.1, 0.15) is 11.3 Å². The van der Waals surface area contributed by atoms with Crippen LogP contribution in [0, 0.1) is 5.92 Å². The lowest BCUT2D eigenvalue weighted by Crippen LogP contribution is -2.51. The van der Waals surface area contributed by atoms with Gasteiger partial charge < -0.3 is 29.0 Å². The number of benzene rings is 2. The van der Waals surface area contributed by atoms with E-state index >= 15 is 0 Å². The van der Waals surface area contributed by atoms with Gasteiger partial charge in [-0.15, -0.1) is 0 Å². The Hall–Kier alpha value is -3.75. The summed E-state index contributed by atoms with van der Waals surface area (Å²) in [4.78, 5) is 40.2. The summed E-state index contributed by atoms with van der Waals surface area (Å²) < 4.78 is 20.7. The third-order valence-electron chi connectivity index (χ3n) is 6.08. The van der Waals surface area contributed by atoms with Crippen molar-refractivity contribution in [3.63, 3.8) is 0 Å². The summed E-state index contributed by atoms with van der Waals surface area (Å²) in [6, 6.07) is 10.5. The van der Waals surface area contributed by atoms with Crippen LogP contribution in [0.1, 0.15) is 35.3 Å². The lowest BCUT2D eigenvalue weighted by molar-refractivity contribution is -0.147. The van der Waals surface area contributed by atoms with Crippen molar-refractivity contribution in [3.05, 3.63) is 53.6 Å². The fourth-order valence-corrected chi connectivity index (χ4v) is 4.32. The summed E-state index contributed by atoms with van der Waals surface area (Å²) in [7, 11) is 5.68. The highest BCUT2D eigenvalue weighted by Gasteiger charge is 2.58. The summed E-state index contributed by atoms with van der Waals surface area (Å²) >= 11 is 0. The summed E-state index contributed by atoms with van der Waals surface area (Å²) in [5.74, 6) is -1.92. The number of carbonyl (C=O) groups excluding carboxylic acids is 2. The maximum Gasteiger partial charge on any atom is 0.329 e. The third-order valence-corrected chi connectivity index (χ3v) is 6.08. The highest BCUT2D eigenvalue weighted by molar-refractivity contribution is 6.00. The van der Waals surface area contributed by atoms with E-state index < -0.39 is 35.3 Å². The molecule has 1 amide bonds. The summed E-state index contributed by atoms with van der Waals surface area (Å²) in [6.07, 6.45) is -0.106. The SMILES string of the molecule is COC(=O)C1CC(C)(C(=O)O)N(C(=O)c2ccc(OC)c(OC)c2)C1c1ccc(OC)cc1. The summed E-state index contributed by atoms with van der Waals surface area (Å²) in [5.41, 5.74) is -0.873. The Labute approximate surface area is 191 Å². The first-order chi connectivity index (χ1) is 15.7. The van der Waals surface area contributed by atoms with Gasteiger partial charge in [0.05, 0.1) is 40.4 Å². The molecule has 9 nitrogen and oxygen atoms in total. The normalized spacial score (nSPS) is 21.9. The fraction of sp³-hybridized carbons (Fsp3) is 0.375. The number of methoxy groups -OCH3 is 4. The number of likely N-dealkylation sites (tertiary alicyclic amines) is 1. The topological polar surface area (TPSA) is 112 Å². The third kappa shape index (κ3) is 4.18. The van der Waals surface area contributed by atoms with Crippen LogP contribution in [0.15, 0.2) is 42.5 Å². The second-order valence-corrected chi connectivity index (χ2v) is 7.88. The van der Waals surface area contributed by atoms with E-state index in [2.05, 4.69) is 0 Å². The van der Waals surface area contributed by atoms with Gasteiger partial charge in [-0.25, -0.2) is 4.79 Å². The molecule has 1 saturated heterocycles. The van der Waals surface area contributed by atoms with E-state index in [0.29, 0.717) is 22.8 Å². The van der Waals surface area contributed by atoms with Crippen LogP contribution in [-0.2, 0) is 14.3 Å². The molecular weight excluding hydrogens is 430 g/mol. The Morgan fingerprint density at radius 2 is 1.58 bits per heavy atom. The molecular formula is C24H27NO8. The van der Waals surface area contributed by atoms with Crippen molar-refractivity contribution < 1.29 is 38.4 Å². The first-order valence-electron chi connectivity index (χ1n) is 10.2. The molecule has 2 aromatic carbocycles. The Bertz CT molecular complexity index is 1050. The van der Waals surface area contributed by atoms with Gasteiger partial charge in [-0.2, -0.15) is 0 Å². The van der Waals surface area contributed by atoms with E-state index in [4.69, 9.17) is 18.9 Å². The maximum atomic E-state index is 13.8. The molecule has 3 rings (SSSR count). The number of carboxylic acid groups (broad SMARTS) is 1. The first-order valence-corrected chi connectivity index (χ1v) is 10.2. The Morgan fingerprint density at radius 1 is 0.939 bits per heavy atom. The summed E-state index contributed by atoms with van der Waals surface area (Å²) in [5, 5.41) is 10.1. The largest absolute Gasteiger partial charge is 0.497 e. The maximum absolute atomic E-state index is 13.8. The van der Waals surface area contributed by atoms with Gasteiger partial charge in [0.25, 0.3) is 5.91 Å². The van der Waals surface area contributed by atoms with Crippen LogP contribution < -0.4 is 14.2 Å². The highest BCUT2D eigenvalue weighted by Crippen LogP contribution is 2.48. The molecule has 1 fully saturated rings. The van der Waals surface area contributed by atoms with Gasteiger partial charge in [-0.1, -0.05) is 12.1 Å². The Morgan fingerprint density at radius 3 is 2.09 bits per heavy atom. The van der Waals surface area contributed by atoms with Crippen molar-refractivity contribution in [1.82, 2.24) is 4.90 Å². The molecule has 33 heavy (non-hydrogen) atoms. The number of carbonyl (C=O) groups is 3. The number of esters is 1. The minimum atomic E-state index is -1.66. The van der Waals surface area contributed by atoms with E-state index in [1.54, 1.807) is 30.3 Å². The minimum Gasteiger partial charge on any atom is -0.497 e. The van der Waals surface area contributed by atoms with E-state index in [1.165, 1.54) is 52.4 Å². The average molecular weight is 457 g/mol. The van der Waals surface area contributed by atoms with Gasteiger partial charge in [0, 0.05) is 5.56 Å². The number of rotatable bonds is 7. The van der Waals surface area contributed by atoms with Gasteiger partial charge in [0.2, 0.25) is 0 Å². The van der Waals surface area contributed by atoms with Crippen LogP contribution in [0.2, 0.25) is 0 Å². The van der Waals surface area contributed by atoms with Crippen LogP contribution in [-0.4, -0.2) is 61.8 Å². The second-order valence-electron chi connectivity index (χ2n) is 7.88. The van der Waals surface area contributed by atoms with Crippen LogP contribution in [0.4, 0.5) is 0 Å².